The summed E-state index contributed by atoms with van der Waals surface area (Å²) in [6.07, 6.45) is 1.74. The van der Waals surface area contributed by atoms with Gasteiger partial charge >= 0.3 is 0 Å². The van der Waals surface area contributed by atoms with Crippen molar-refractivity contribution in [3.63, 3.8) is 0 Å². The average molecular weight is 163 g/mol. The Morgan fingerprint density at radius 2 is 2.17 bits per heavy atom. The van der Waals surface area contributed by atoms with E-state index in [2.05, 4.69) is 33.8 Å². The lowest BCUT2D eigenvalue weighted by atomic mass is 9.79. The molecule has 0 bridgehead atoms. The fraction of sp³-hybridized carbons (Fsp3) is 0.727. The third kappa shape index (κ3) is 1.27. The van der Waals surface area contributed by atoms with Gasteiger partial charge in [-0.1, -0.05) is 31.9 Å². The summed E-state index contributed by atoms with van der Waals surface area (Å²) in [5.41, 5.74) is 3.12. The summed E-state index contributed by atoms with van der Waals surface area (Å²) in [7, 11) is 0. The van der Waals surface area contributed by atoms with Gasteiger partial charge in [-0.05, 0) is 24.7 Å². The van der Waals surface area contributed by atoms with Gasteiger partial charge in [-0.15, -0.1) is 0 Å². The molecule has 0 saturated carbocycles. The molecular formula is C11H17N. The van der Waals surface area contributed by atoms with E-state index in [-0.39, 0.29) is 0 Å². The fourth-order valence-electron chi connectivity index (χ4n) is 1.90. The van der Waals surface area contributed by atoms with Crippen molar-refractivity contribution >= 4 is 0 Å². The summed E-state index contributed by atoms with van der Waals surface area (Å²) in [6.45, 7) is 9.00. The van der Waals surface area contributed by atoms with Crippen LogP contribution < -0.4 is 0 Å². The van der Waals surface area contributed by atoms with Gasteiger partial charge in [-0.25, -0.2) is 0 Å². The van der Waals surface area contributed by atoms with Crippen molar-refractivity contribution in [3.8, 4) is 6.07 Å². The van der Waals surface area contributed by atoms with Crippen LogP contribution in [0.15, 0.2) is 11.1 Å². The molecule has 1 aliphatic carbocycles. The second kappa shape index (κ2) is 2.94. The van der Waals surface area contributed by atoms with Crippen molar-refractivity contribution in [3.05, 3.63) is 11.1 Å². The van der Waals surface area contributed by atoms with E-state index in [0.29, 0.717) is 17.8 Å². The number of hydrogen-bond acceptors (Lipinski definition) is 1. The van der Waals surface area contributed by atoms with Gasteiger partial charge in [0.1, 0.15) is 0 Å². The Labute approximate surface area is 75.1 Å². The summed E-state index contributed by atoms with van der Waals surface area (Å²) >= 11 is 0. The number of allylic oxidation sites excluding steroid dienone is 2. The van der Waals surface area contributed by atoms with Gasteiger partial charge in [0.2, 0.25) is 0 Å². The van der Waals surface area contributed by atoms with E-state index in [1.54, 1.807) is 0 Å². The predicted octanol–water partition coefficient (Wildman–Crippen LogP) is 3.28. The van der Waals surface area contributed by atoms with Crippen LogP contribution in [-0.2, 0) is 0 Å². The van der Waals surface area contributed by atoms with E-state index in [0.717, 1.165) is 6.42 Å². The summed E-state index contributed by atoms with van der Waals surface area (Å²) in [5, 5.41) is 8.62. The zero-order valence-electron chi connectivity index (χ0n) is 8.44. The fourth-order valence-corrected chi connectivity index (χ4v) is 1.90. The molecule has 66 valence electrons. The molecule has 0 N–H and O–H groups in total. The molecule has 0 heterocycles. The van der Waals surface area contributed by atoms with E-state index in [1.807, 2.05) is 0 Å². The van der Waals surface area contributed by atoms with E-state index >= 15 is 0 Å². The highest BCUT2D eigenvalue weighted by Crippen LogP contribution is 2.47. The molecule has 0 spiro atoms. The molecule has 0 amide bonds. The van der Waals surface area contributed by atoms with Crippen LogP contribution >= 0.6 is 0 Å². The maximum absolute atomic E-state index is 8.62. The second-order valence-corrected chi connectivity index (χ2v) is 4.39. The van der Waals surface area contributed by atoms with Crippen LogP contribution in [0.4, 0.5) is 0 Å². The molecule has 0 aliphatic heterocycles. The minimum Gasteiger partial charge on any atom is -0.198 e. The van der Waals surface area contributed by atoms with Crippen LogP contribution in [0.1, 0.15) is 40.5 Å². The Balaban J connectivity index is 2.92. The maximum atomic E-state index is 8.62. The molecule has 1 nitrogen and oxygen atoms in total. The van der Waals surface area contributed by atoms with Crippen LogP contribution in [0.25, 0.3) is 0 Å². The quantitative estimate of drug-likeness (QED) is 0.544. The Kier molecular flexibility index (Phi) is 2.28. The van der Waals surface area contributed by atoms with Gasteiger partial charge in [-0.3, -0.25) is 0 Å². The van der Waals surface area contributed by atoms with E-state index in [4.69, 9.17) is 5.26 Å². The van der Waals surface area contributed by atoms with Crippen molar-refractivity contribution in [1.82, 2.24) is 0 Å². The van der Waals surface area contributed by atoms with E-state index < -0.39 is 0 Å². The lowest BCUT2D eigenvalue weighted by Crippen LogP contribution is -2.16. The number of nitriles is 1. The SMILES string of the molecule is CC1=C(CC#N)CC(C)C1(C)C. The van der Waals surface area contributed by atoms with Crippen LogP contribution in [0.3, 0.4) is 0 Å². The molecule has 1 unspecified atom stereocenters. The maximum Gasteiger partial charge on any atom is 0.0666 e. The van der Waals surface area contributed by atoms with Crippen LogP contribution in [-0.4, -0.2) is 0 Å². The van der Waals surface area contributed by atoms with Gasteiger partial charge in [0.15, 0.2) is 0 Å². The predicted molar refractivity (Wildman–Crippen MR) is 50.5 cm³/mol. The molecular weight excluding hydrogens is 146 g/mol. The van der Waals surface area contributed by atoms with Gasteiger partial charge < -0.3 is 0 Å². The summed E-state index contributed by atoms with van der Waals surface area (Å²) in [4.78, 5) is 0. The molecule has 1 atom stereocenters. The molecule has 0 saturated heterocycles. The Bertz CT molecular complexity index is 253. The Morgan fingerprint density at radius 3 is 2.50 bits per heavy atom. The van der Waals surface area contributed by atoms with Crippen LogP contribution in [0.5, 0.6) is 0 Å². The summed E-state index contributed by atoms with van der Waals surface area (Å²) in [5.74, 6) is 0.695. The minimum atomic E-state index is 0.312. The number of nitrogens with zero attached hydrogens (tertiary/aromatic N) is 1. The van der Waals surface area contributed by atoms with Gasteiger partial charge in [-0.2, -0.15) is 5.26 Å². The van der Waals surface area contributed by atoms with E-state index in [9.17, 15) is 0 Å². The highest BCUT2D eigenvalue weighted by molar-refractivity contribution is 5.28. The molecule has 0 aromatic rings. The first-order valence-electron chi connectivity index (χ1n) is 4.56. The third-order valence-electron chi connectivity index (χ3n) is 3.57. The zero-order chi connectivity index (χ0) is 9.35. The highest BCUT2D eigenvalue weighted by atomic mass is 14.4. The number of rotatable bonds is 1. The van der Waals surface area contributed by atoms with Crippen LogP contribution in [0, 0.1) is 22.7 Å². The van der Waals surface area contributed by atoms with Gasteiger partial charge in [0, 0.05) is 0 Å². The van der Waals surface area contributed by atoms with Crippen molar-refractivity contribution in [1.29, 1.82) is 5.26 Å². The van der Waals surface area contributed by atoms with Gasteiger partial charge in [0.25, 0.3) is 0 Å². The largest absolute Gasteiger partial charge is 0.198 e. The number of hydrogen-bond donors (Lipinski definition) is 0. The second-order valence-electron chi connectivity index (χ2n) is 4.39. The molecule has 1 aliphatic rings. The van der Waals surface area contributed by atoms with Crippen molar-refractivity contribution < 1.29 is 0 Å². The monoisotopic (exact) mass is 163 g/mol. The van der Waals surface area contributed by atoms with E-state index in [1.165, 1.54) is 11.1 Å². The third-order valence-corrected chi connectivity index (χ3v) is 3.57. The standard InChI is InChI=1S/C11H17N/c1-8-7-10(5-6-12)9(2)11(8,3)4/h8H,5,7H2,1-4H3. The highest BCUT2D eigenvalue weighted by Gasteiger charge is 2.35. The smallest absolute Gasteiger partial charge is 0.0666 e. The summed E-state index contributed by atoms with van der Waals surface area (Å²) < 4.78 is 0. The molecule has 1 rings (SSSR count). The Hall–Kier alpha value is -0.770. The molecule has 0 fully saturated rings. The van der Waals surface area contributed by atoms with Crippen molar-refractivity contribution in [2.24, 2.45) is 11.3 Å². The normalized spacial score (nSPS) is 27.4. The van der Waals surface area contributed by atoms with Crippen molar-refractivity contribution in [2.75, 3.05) is 0 Å². The molecule has 1 heteroatoms. The topological polar surface area (TPSA) is 23.8 Å². The lowest BCUT2D eigenvalue weighted by molar-refractivity contribution is 0.316. The van der Waals surface area contributed by atoms with Crippen LogP contribution in [0.2, 0.25) is 0 Å². The molecule has 12 heavy (non-hydrogen) atoms. The van der Waals surface area contributed by atoms with Gasteiger partial charge in [0.05, 0.1) is 12.5 Å². The molecule has 0 aromatic heterocycles. The first kappa shape index (κ1) is 9.32. The average Bonchev–Trinajstić information content (AvgIpc) is 2.17. The first-order chi connectivity index (χ1) is 5.50. The Morgan fingerprint density at radius 1 is 1.58 bits per heavy atom. The summed E-state index contributed by atoms with van der Waals surface area (Å²) in [6, 6.07) is 2.24. The molecule has 0 aromatic carbocycles. The minimum absolute atomic E-state index is 0.312. The first-order valence-corrected chi connectivity index (χ1v) is 4.56. The zero-order valence-corrected chi connectivity index (χ0v) is 8.44. The molecule has 0 radical (unpaired) electrons. The lowest BCUT2D eigenvalue weighted by Gasteiger charge is -2.26. The van der Waals surface area contributed by atoms with Crippen molar-refractivity contribution in [2.45, 2.75) is 40.5 Å².